The number of hydrogen-bond donors (Lipinski definition) is 2. The van der Waals surface area contributed by atoms with Crippen LogP contribution in [-0.2, 0) is 5.41 Å². The van der Waals surface area contributed by atoms with Gasteiger partial charge in [-0.3, -0.25) is 4.79 Å². The molecule has 0 atom stereocenters. The lowest BCUT2D eigenvalue weighted by Crippen LogP contribution is -2.14. The number of hydrogen-bond acceptors (Lipinski definition) is 4. The van der Waals surface area contributed by atoms with Gasteiger partial charge in [-0.1, -0.05) is 45.0 Å². The van der Waals surface area contributed by atoms with Gasteiger partial charge in [0.15, 0.2) is 0 Å². The highest BCUT2D eigenvalue weighted by atomic mass is 16.1. The van der Waals surface area contributed by atoms with Crippen molar-refractivity contribution in [1.29, 1.82) is 0 Å². The molecular weight excluding hydrogens is 348 g/mol. The predicted octanol–water partition coefficient (Wildman–Crippen LogP) is 5.39. The Morgan fingerprint density at radius 3 is 2.18 bits per heavy atom. The molecule has 0 radical (unpaired) electrons. The number of carbonyl (C=O) groups excluding carboxylic acids is 1. The van der Waals surface area contributed by atoms with Crippen molar-refractivity contribution in [3.8, 4) is 0 Å². The number of amides is 1. The number of aromatic nitrogens is 2. The van der Waals surface area contributed by atoms with Crippen LogP contribution >= 0.6 is 0 Å². The van der Waals surface area contributed by atoms with E-state index >= 15 is 0 Å². The monoisotopic (exact) mass is 374 g/mol. The van der Waals surface area contributed by atoms with Gasteiger partial charge in [-0.2, -0.15) is 0 Å². The first kappa shape index (κ1) is 19.5. The number of benzene rings is 2. The Kier molecular flexibility index (Phi) is 5.45. The van der Waals surface area contributed by atoms with Gasteiger partial charge in [0.05, 0.1) is 5.56 Å². The third-order valence-electron chi connectivity index (χ3n) is 4.77. The Balaban J connectivity index is 1.67. The van der Waals surface area contributed by atoms with Gasteiger partial charge in [0.25, 0.3) is 5.91 Å². The van der Waals surface area contributed by atoms with Gasteiger partial charge in [-0.05, 0) is 54.2 Å². The molecule has 0 aliphatic carbocycles. The fraction of sp³-hybridized carbons (Fsp3) is 0.261. The first-order chi connectivity index (χ1) is 13.2. The number of nitrogens with one attached hydrogen (secondary N) is 2. The summed E-state index contributed by atoms with van der Waals surface area (Å²) in [6.07, 6.45) is 3.05. The second-order valence-electron chi connectivity index (χ2n) is 7.95. The molecule has 2 N–H and O–H groups in total. The maximum absolute atomic E-state index is 12.5. The van der Waals surface area contributed by atoms with E-state index in [0.717, 1.165) is 16.9 Å². The van der Waals surface area contributed by atoms with Crippen molar-refractivity contribution >= 4 is 23.2 Å². The highest BCUT2D eigenvalue weighted by molar-refractivity contribution is 6.03. The molecule has 1 heterocycles. The zero-order valence-corrected chi connectivity index (χ0v) is 17.0. The maximum Gasteiger partial charge on any atom is 0.258 e. The molecule has 0 aliphatic heterocycles. The normalized spacial score (nSPS) is 11.2. The Morgan fingerprint density at radius 2 is 1.57 bits per heavy atom. The van der Waals surface area contributed by atoms with Gasteiger partial charge in [0.1, 0.15) is 0 Å². The van der Waals surface area contributed by atoms with E-state index in [-0.39, 0.29) is 11.3 Å². The second kappa shape index (κ2) is 7.80. The molecule has 0 fully saturated rings. The summed E-state index contributed by atoms with van der Waals surface area (Å²) < 4.78 is 0. The molecule has 1 aromatic heterocycles. The number of nitrogens with zero attached hydrogens (tertiary/aromatic N) is 2. The summed E-state index contributed by atoms with van der Waals surface area (Å²) in [5, 5.41) is 6.08. The van der Waals surface area contributed by atoms with E-state index < -0.39 is 0 Å². The average molecular weight is 374 g/mol. The molecule has 3 aromatic rings. The molecule has 1 amide bonds. The topological polar surface area (TPSA) is 66.9 Å². The molecule has 0 unspecified atom stereocenters. The van der Waals surface area contributed by atoms with Gasteiger partial charge in [0.2, 0.25) is 5.95 Å². The fourth-order valence-electron chi connectivity index (χ4n) is 2.77. The van der Waals surface area contributed by atoms with E-state index in [1.807, 2.05) is 43.3 Å². The zero-order chi connectivity index (χ0) is 20.3. The lowest BCUT2D eigenvalue weighted by Gasteiger charge is -2.19. The average Bonchev–Trinajstić information content (AvgIpc) is 2.66. The van der Waals surface area contributed by atoms with Gasteiger partial charge in [-0.15, -0.1) is 0 Å². The van der Waals surface area contributed by atoms with Crippen LogP contribution in [0.25, 0.3) is 0 Å². The van der Waals surface area contributed by atoms with Crippen LogP contribution in [0.4, 0.5) is 17.3 Å². The van der Waals surface area contributed by atoms with E-state index in [9.17, 15) is 4.79 Å². The molecule has 5 nitrogen and oxygen atoms in total. The van der Waals surface area contributed by atoms with Crippen molar-refractivity contribution in [1.82, 2.24) is 9.97 Å². The van der Waals surface area contributed by atoms with Crippen LogP contribution in [0.3, 0.4) is 0 Å². The van der Waals surface area contributed by atoms with Crippen molar-refractivity contribution < 1.29 is 4.79 Å². The lowest BCUT2D eigenvalue weighted by atomic mass is 9.87. The summed E-state index contributed by atoms with van der Waals surface area (Å²) in [4.78, 5) is 21.0. The van der Waals surface area contributed by atoms with Gasteiger partial charge in [0, 0.05) is 23.8 Å². The first-order valence-electron chi connectivity index (χ1n) is 9.31. The van der Waals surface area contributed by atoms with Crippen molar-refractivity contribution in [2.75, 3.05) is 10.6 Å². The Bertz CT molecular complexity index is 971. The molecule has 0 spiro atoms. The van der Waals surface area contributed by atoms with E-state index in [1.54, 1.807) is 0 Å². The first-order valence-corrected chi connectivity index (χ1v) is 9.31. The minimum Gasteiger partial charge on any atom is -0.324 e. The van der Waals surface area contributed by atoms with Crippen molar-refractivity contribution in [3.63, 3.8) is 0 Å². The molecule has 2 aromatic carbocycles. The molecule has 0 bridgehead atoms. The summed E-state index contributed by atoms with van der Waals surface area (Å²) in [6.45, 7) is 10.6. The molecule has 144 valence electrons. The predicted molar refractivity (Wildman–Crippen MR) is 114 cm³/mol. The van der Waals surface area contributed by atoms with E-state index in [2.05, 4.69) is 54.4 Å². The van der Waals surface area contributed by atoms with Crippen LogP contribution in [-0.4, -0.2) is 15.9 Å². The van der Waals surface area contributed by atoms with Crippen LogP contribution in [0.15, 0.2) is 54.9 Å². The summed E-state index contributed by atoms with van der Waals surface area (Å²) in [5.41, 5.74) is 5.74. The summed E-state index contributed by atoms with van der Waals surface area (Å²) >= 11 is 0. The summed E-state index contributed by atoms with van der Waals surface area (Å²) in [5.74, 6) is 0.224. The lowest BCUT2D eigenvalue weighted by molar-refractivity contribution is 0.102. The highest BCUT2D eigenvalue weighted by Crippen LogP contribution is 2.24. The van der Waals surface area contributed by atoms with Crippen molar-refractivity contribution in [3.05, 3.63) is 77.1 Å². The molecule has 0 aliphatic rings. The number of aryl methyl sites for hydroxylation is 1. The van der Waals surface area contributed by atoms with Crippen molar-refractivity contribution in [2.24, 2.45) is 0 Å². The van der Waals surface area contributed by atoms with Crippen LogP contribution in [0.5, 0.6) is 0 Å². The van der Waals surface area contributed by atoms with Crippen LogP contribution in [0.2, 0.25) is 0 Å². The minimum absolute atomic E-state index is 0.0782. The van der Waals surface area contributed by atoms with E-state index in [4.69, 9.17) is 0 Å². The number of anilines is 3. The second-order valence-corrected chi connectivity index (χ2v) is 7.95. The van der Waals surface area contributed by atoms with Gasteiger partial charge in [-0.25, -0.2) is 9.97 Å². The van der Waals surface area contributed by atoms with E-state index in [0.29, 0.717) is 11.5 Å². The third kappa shape index (κ3) is 4.55. The highest BCUT2D eigenvalue weighted by Gasteiger charge is 2.14. The number of carbonyl (C=O) groups is 1. The largest absolute Gasteiger partial charge is 0.324 e. The molecule has 0 saturated heterocycles. The Labute approximate surface area is 166 Å². The van der Waals surface area contributed by atoms with E-state index in [1.165, 1.54) is 23.5 Å². The quantitative estimate of drug-likeness (QED) is 0.643. The van der Waals surface area contributed by atoms with Gasteiger partial charge >= 0.3 is 0 Å². The van der Waals surface area contributed by atoms with Crippen LogP contribution in [0.1, 0.15) is 47.8 Å². The standard InChI is InChI=1S/C23H26N4O/c1-15-7-6-8-20(16(15)2)27-22-24-13-17(14-25-22)21(28)26-19-11-9-18(10-12-19)23(3,4)5/h6-14H,1-5H3,(H,26,28)(H,24,25,27). The van der Waals surface area contributed by atoms with Crippen LogP contribution in [0, 0.1) is 13.8 Å². The minimum atomic E-state index is -0.234. The SMILES string of the molecule is Cc1cccc(Nc2ncc(C(=O)Nc3ccc(C(C)(C)C)cc3)cn2)c1C. The fourth-order valence-corrected chi connectivity index (χ4v) is 2.77. The van der Waals surface area contributed by atoms with Crippen LogP contribution < -0.4 is 10.6 Å². The Morgan fingerprint density at radius 1 is 0.929 bits per heavy atom. The number of rotatable bonds is 4. The summed E-state index contributed by atoms with van der Waals surface area (Å²) in [7, 11) is 0. The van der Waals surface area contributed by atoms with Gasteiger partial charge < -0.3 is 10.6 Å². The molecular formula is C23H26N4O. The molecule has 5 heteroatoms. The molecule has 28 heavy (non-hydrogen) atoms. The molecule has 0 saturated carbocycles. The summed E-state index contributed by atoms with van der Waals surface area (Å²) in [6, 6.07) is 13.9. The Hall–Kier alpha value is -3.21. The third-order valence-corrected chi connectivity index (χ3v) is 4.77. The smallest absolute Gasteiger partial charge is 0.258 e. The molecule has 3 rings (SSSR count). The van der Waals surface area contributed by atoms with Crippen molar-refractivity contribution in [2.45, 2.75) is 40.0 Å². The zero-order valence-electron chi connectivity index (χ0n) is 17.0. The maximum atomic E-state index is 12.5.